The van der Waals surface area contributed by atoms with Crippen molar-refractivity contribution in [3.8, 4) is 5.69 Å². The molecule has 0 saturated carbocycles. The van der Waals surface area contributed by atoms with E-state index in [0.717, 1.165) is 17.7 Å². The summed E-state index contributed by atoms with van der Waals surface area (Å²) in [6, 6.07) is 14.7. The third kappa shape index (κ3) is 3.26. The van der Waals surface area contributed by atoms with Crippen LogP contribution in [0.3, 0.4) is 0 Å². The molecule has 24 heavy (non-hydrogen) atoms. The van der Waals surface area contributed by atoms with Gasteiger partial charge in [0.15, 0.2) is 0 Å². The first-order valence-electron chi connectivity index (χ1n) is 7.28. The fourth-order valence-electron chi connectivity index (χ4n) is 2.53. The molecule has 0 amide bonds. The molecule has 2 aromatic carbocycles. The van der Waals surface area contributed by atoms with Crippen molar-refractivity contribution < 1.29 is 13.2 Å². The molecule has 1 unspecified atom stereocenters. The van der Waals surface area contributed by atoms with Crippen LogP contribution in [-0.4, -0.2) is 14.8 Å². The van der Waals surface area contributed by atoms with Gasteiger partial charge in [-0.15, -0.1) is 0 Å². The SMILES string of the molecule is CC(c1ccccc1)c1nc(=S)[nH]n1-c1cccc(C(F)(F)F)c1. The lowest BCUT2D eigenvalue weighted by atomic mass is 10.0. The summed E-state index contributed by atoms with van der Waals surface area (Å²) in [5.41, 5.74) is 0.622. The molecule has 3 nitrogen and oxygen atoms in total. The molecule has 3 aromatic rings. The van der Waals surface area contributed by atoms with Crippen molar-refractivity contribution in [2.24, 2.45) is 0 Å². The van der Waals surface area contributed by atoms with Gasteiger partial charge in [0.2, 0.25) is 4.77 Å². The number of benzene rings is 2. The summed E-state index contributed by atoms with van der Waals surface area (Å²) in [5.74, 6) is 0.430. The first-order chi connectivity index (χ1) is 11.4. The second-order valence-electron chi connectivity index (χ2n) is 5.40. The summed E-state index contributed by atoms with van der Waals surface area (Å²) in [6.07, 6.45) is -4.40. The van der Waals surface area contributed by atoms with Gasteiger partial charge in [0, 0.05) is 5.92 Å². The van der Waals surface area contributed by atoms with Crippen molar-refractivity contribution >= 4 is 12.2 Å². The van der Waals surface area contributed by atoms with Gasteiger partial charge in [0.1, 0.15) is 5.82 Å². The second kappa shape index (κ2) is 6.24. The van der Waals surface area contributed by atoms with Gasteiger partial charge in [-0.2, -0.15) is 13.2 Å². The molecule has 3 rings (SSSR count). The molecule has 1 N–H and O–H groups in total. The Hall–Kier alpha value is -2.41. The first-order valence-corrected chi connectivity index (χ1v) is 7.68. The van der Waals surface area contributed by atoms with Crippen molar-refractivity contribution in [1.82, 2.24) is 14.8 Å². The van der Waals surface area contributed by atoms with Crippen LogP contribution in [0.5, 0.6) is 0 Å². The normalized spacial score (nSPS) is 13.0. The minimum atomic E-state index is -4.40. The van der Waals surface area contributed by atoms with Crippen LogP contribution in [0.1, 0.15) is 29.8 Å². The first kappa shape index (κ1) is 16.4. The zero-order valence-corrected chi connectivity index (χ0v) is 13.5. The maximum absolute atomic E-state index is 13.0. The summed E-state index contributed by atoms with van der Waals surface area (Å²) >= 11 is 5.09. The van der Waals surface area contributed by atoms with E-state index < -0.39 is 11.7 Å². The number of hydrogen-bond acceptors (Lipinski definition) is 2. The molecule has 0 saturated heterocycles. The molecule has 1 heterocycles. The van der Waals surface area contributed by atoms with Crippen LogP contribution in [-0.2, 0) is 6.18 Å². The molecule has 7 heteroatoms. The molecule has 0 spiro atoms. The van der Waals surface area contributed by atoms with Crippen molar-refractivity contribution in [1.29, 1.82) is 0 Å². The lowest BCUT2D eigenvalue weighted by Crippen LogP contribution is -2.10. The van der Waals surface area contributed by atoms with Crippen LogP contribution in [0, 0.1) is 4.77 Å². The van der Waals surface area contributed by atoms with Gasteiger partial charge in [-0.3, -0.25) is 5.10 Å². The zero-order chi connectivity index (χ0) is 17.3. The highest BCUT2D eigenvalue weighted by atomic mass is 32.1. The van der Waals surface area contributed by atoms with E-state index in [1.165, 1.54) is 10.7 Å². The van der Waals surface area contributed by atoms with E-state index in [1.54, 1.807) is 6.07 Å². The molecular weight excluding hydrogens is 335 g/mol. The predicted molar refractivity (Wildman–Crippen MR) is 87.7 cm³/mol. The highest BCUT2D eigenvalue weighted by Crippen LogP contribution is 2.31. The predicted octanol–water partition coefficient (Wildman–Crippen LogP) is 5.10. The van der Waals surface area contributed by atoms with Crippen LogP contribution < -0.4 is 0 Å². The maximum Gasteiger partial charge on any atom is 0.416 e. The van der Waals surface area contributed by atoms with E-state index in [4.69, 9.17) is 12.2 Å². The largest absolute Gasteiger partial charge is 0.416 e. The number of hydrogen-bond donors (Lipinski definition) is 1. The average Bonchev–Trinajstić information content (AvgIpc) is 2.96. The highest BCUT2D eigenvalue weighted by Gasteiger charge is 2.30. The number of rotatable bonds is 3. The molecular formula is C17H14F3N3S. The van der Waals surface area contributed by atoms with Gasteiger partial charge in [-0.1, -0.05) is 43.3 Å². The number of aromatic nitrogens is 3. The van der Waals surface area contributed by atoms with Crippen molar-refractivity contribution in [2.75, 3.05) is 0 Å². The van der Waals surface area contributed by atoms with Crippen LogP contribution in [0.15, 0.2) is 54.6 Å². The van der Waals surface area contributed by atoms with E-state index in [1.807, 2.05) is 37.3 Å². The molecule has 0 radical (unpaired) electrons. The van der Waals surface area contributed by atoms with Gasteiger partial charge in [0.25, 0.3) is 0 Å². The minimum absolute atomic E-state index is 0.131. The van der Waals surface area contributed by atoms with E-state index in [2.05, 4.69) is 10.1 Å². The van der Waals surface area contributed by atoms with Gasteiger partial charge >= 0.3 is 6.18 Å². The number of H-pyrrole nitrogens is 1. The zero-order valence-electron chi connectivity index (χ0n) is 12.7. The number of alkyl halides is 3. The Bertz CT molecular complexity index is 897. The molecule has 1 atom stereocenters. The summed E-state index contributed by atoms with van der Waals surface area (Å²) in [7, 11) is 0. The van der Waals surface area contributed by atoms with E-state index >= 15 is 0 Å². The smallest absolute Gasteiger partial charge is 0.266 e. The lowest BCUT2D eigenvalue weighted by Gasteiger charge is -2.15. The number of nitrogens with zero attached hydrogens (tertiary/aromatic N) is 2. The quantitative estimate of drug-likeness (QED) is 0.668. The topological polar surface area (TPSA) is 33.6 Å². The van der Waals surface area contributed by atoms with E-state index in [9.17, 15) is 13.2 Å². The van der Waals surface area contributed by atoms with Crippen LogP contribution >= 0.6 is 12.2 Å². The molecule has 0 aliphatic carbocycles. The fraction of sp³-hybridized carbons (Fsp3) is 0.176. The second-order valence-corrected chi connectivity index (χ2v) is 5.79. The average molecular weight is 349 g/mol. The van der Waals surface area contributed by atoms with Gasteiger partial charge in [-0.25, -0.2) is 9.67 Å². The third-order valence-corrected chi connectivity index (χ3v) is 3.95. The summed E-state index contributed by atoms with van der Waals surface area (Å²) in [4.78, 5) is 4.30. The van der Waals surface area contributed by atoms with Crippen molar-refractivity contribution in [3.05, 3.63) is 76.3 Å². The standard InChI is InChI=1S/C17H14F3N3S/c1-11(12-6-3-2-4-7-12)15-21-16(24)22-23(15)14-9-5-8-13(10-14)17(18,19)20/h2-11H,1H3,(H,22,24). The number of nitrogens with one attached hydrogen (secondary N) is 1. The molecule has 0 aliphatic rings. The molecule has 0 fully saturated rings. The Morgan fingerprint density at radius 2 is 1.79 bits per heavy atom. The molecule has 0 aliphatic heterocycles. The van der Waals surface area contributed by atoms with Crippen molar-refractivity contribution in [3.63, 3.8) is 0 Å². The monoisotopic (exact) mass is 349 g/mol. The Kier molecular flexibility index (Phi) is 4.28. The molecule has 1 aromatic heterocycles. The van der Waals surface area contributed by atoms with Crippen LogP contribution in [0.2, 0.25) is 0 Å². The summed E-state index contributed by atoms with van der Waals surface area (Å²) in [5, 5.41) is 2.84. The highest BCUT2D eigenvalue weighted by molar-refractivity contribution is 7.71. The van der Waals surface area contributed by atoms with Gasteiger partial charge in [-0.05, 0) is 36.0 Å². The minimum Gasteiger partial charge on any atom is -0.266 e. The Morgan fingerprint density at radius 3 is 2.46 bits per heavy atom. The number of halogens is 3. The maximum atomic E-state index is 13.0. The van der Waals surface area contributed by atoms with E-state index in [0.29, 0.717) is 11.5 Å². The fourth-order valence-corrected chi connectivity index (χ4v) is 2.72. The summed E-state index contributed by atoms with van der Waals surface area (Å²) in [6.45, 7) is 1.93. The Balaban J connectivity index is 2.09. The Labute approximate surface area is 141 Å². The molecule has 0 bridgehead atoms. The van der Waals surface area contributed by atoms with Gasteiger partial charge < -0.3 is 0 Å². The lowest BCUT2D eigenvalue weighted by molar-refractivity contribution is -0.137. The van der Waals surface area contributed by atoms with Crippen LogP contribution in [0.4, 0.5) is 13.2 Å². The Morgan fingerprint density at radius 1 is 1.08 bits per heavy atom. The van der Waals surface area contributed by atoms with Gasteiger partial charge in [0.05, 0.1) is 11.3 Å². The summed E-state index contributed by atoms with van der Waals surface area (Å²) < 4.78 is 40.6. The third-order valence-electron chi connectivity index (χ3n) is 3.77. The van der Waals surface area contributed by atoms with Crippen molar-refractivity contribution in [2.45, 2.75) is 19.0 Å². The molecule has 124 valence electrons. The van der Waals surface area contributed by atoms with Crippen LogP contribution in [0.25, 0.3) is 5.69 Å². The number of aromatic amines is 1. The van der Waals surface area contributed by atoms with E-state index in [-0.39, 0.29) is 10.7 Å².